The van der Waals surface area contributed by atoms with Gasteiger partial charge in [0, 0.05) is 30.1 Å². The van der Waals surface area contributed by atoms with Crippen molar-refractivity contribution in [3.05, 3.63) is 66.0 Å². The average molecular weight is 347 g/mol. The van der Waals surface area contributed by atoms with Crippen molar-refractivity contribution < 1.29 is 9.32 Å². The number of carbonyl (C=O) groups excluding carboxylic acids is 1. The first kappa shape index (κ1) is 16.5. The fourth-order valence-electron chi connectivity index (χ4n) is 3.28. The third-order valence-corrected chi connectivity index (χ3v) is 4.80. The predicted molar refractivity (Wildman–Crippen MR) is 100.0 cm³/mol. The quantitative estimate of drug-likeness (QED) is 0.703. The van der Waals surface area contributed by atoms with E-state index in [0.29, 0.717) is 30.6 Å². The summed E-state index contributed by atoms with van der Waals surface area (Å²) in [5.41, 5.74) is 3.05. The van der Waals surface area contributed by atoms with Crippen LogP contribution in [-0.2, 0) is 4.79 Å². The van der Waals surface area contributed by atoms with Crippen molar-refractivity contribution in [3.63, 3.8) is 0 Å². The lowest BCUT2D eigenvalue weighted by atomic mass is 10.0. The second kappa shape index (κ2) is 6.75. The van der Waals surface area contributed by atoms with Crippen LogP contribution < -0.4 is 4.90 Å². The third kappa shape index (κ3) is 3.12. The van der Waals surface area contributed by atoms with Gasteiger partial charge in [-0.05, 0) is 35.7 Å². The highest BCUT2D eigenvalue weighted by Gasteiger charge is 2.34. The number of anilines is 1. The van der Waals surface area contributed by atoms with Gasteiger partial charge in [0.25, 0.3) is 5.89 Å². The Hall–Kier alpha value is -2.95. The molecule has 5 heteroatoms. The molecule has 1 amide bonds. The molecular weight excluding hydrogens is 326 g/mol. The Labute approximate surface area is 152 Å². The van der Waals surface area contributed by atoms with Crippen molar-refractivity contribution in [1.29, 1.82) is 0 Å². The molecule has 0 aliphatic carbocycles. The Kier molecular flexibility index (Phi) is 4.29. The number of hydrogen-bond acceptors (Lipinski definition) is 4. The molecule has 4 rings (SSSR count). The van der Waals surface area contributed by atoms with E-state index >= 15 is 0 Å². The molecule has 2 aromatic carbocycles. The number of nitrogens with zero attached hydrogens (tertiary/aromatic N) is 3. The molecule has 0 spiro atoms. The van der Waals surface area contributed by atoms with E-state index in [2.05, 4.69) is 36.1 Å². The summed E-state index contributed by atoms with van der Waals surface area (Å²) in [4.78, 5) is 18.9. The molecule has 1 unspecified atom stereocenters. The SMILES string of the molecule is CC(C)c1cccc(N2CC(c3noc(-c4ccccc4)n3)CC2=O)c1. The normalized spacial score (nSPS) is 17.3. The minimum atomic E-state index is -0.0496. The molecule has 1 saturated heterocycles. The summed E-state index contributed by atoms with van der Waals surface area (Å²) in [6.07, 6.45) is 0.402. The summed E-state index contributed by atoms with van der Waals surface area (Å²) >= 11 is 0. The first-order valence-corrected chi connectivity index (χ1v) is 8.91. The summed E-state index contributed by atoms with van der Waals surface area (Å²) in [6, 6.07) is 17.9. The number of amides is 1. The third-order valence-electron chi connectivity index (χ3n) is 4.80. The van der Waals surface area contributed by atoms with E-state index in [1.807, 2.05) is 47.4 Å². The zero-order valence-electron chi connectivity index (χ0n) is 14.9. The number of rotatable bonds is 4. The van der Waals surface area contributed by atoms with Gasteiger partial charge in [0.1, 0.15) is 0 Å². The van der Waals surface area contributed by atoms with Gasteiger partial charge in [0.2, 0.25) is 5.91 Å². The standard InChI is InChI=1S/C21H21N3O2/c1-14(2)16-9-6-10-18(11-16)24-13-17(12-19(24)25)20-22-21(26-23-20)15-7-4-3-5-8-15/h3-11,14,17H,12-13H2,1-2H3. The van der Waals surface area contributed by atoms with Gasteiger partial charge in [-0.2, -0.15) is 4.98 Å². The van der Waals surface area contributed by atoms with Crippen molar-refractivity contribution in [2.24, 2.45) is 0 Å². The Morgan fingerprint density at radius 1 is 1.12 bits per heavy atom. The minimum Gasteiger partial charge on any atom is -0.334 e. The molecule has 0 saturated carbocycles. The van der Waals surface area contributed by atoms with Gasteiger partial charge in [0.05, 0.1) is 0 Å². The molecule has 1 aliphatic heterocycles. The van der Waals surface area contributed by atoms with Crippen LogP contribution in [0.5, 0.6) is 0 Å². The van der Waals surface area contributed by atoms with Crippen molar-refractivity contribution in [3.8, 4) is 11.5 Å². The van der Waals surface area contributed by atoms with Crippen LogP contribution in [-0.4, -0.2) is 22.6 Å². The Bertz CT molecular complexity index is 918. The zero-order chi connectivity index (χ0) is 18.1. The van der Waals surface area contributed by atoms with Crippen LogP contribution in [0.2, 0.25) is 0 Å². The van der Waals surface area contributed by atoms with Gasteiger partial charge in [0.15, 0.2) is 5.82 Å². The van der Waals surface area contributed by atoms with Crippen molar-refractivity contribution in [1.82, 2.24) is 10.1 Å². The first-order valence-electron chi connectivity index (χ1n) is 8.91. The molecule has 0 N–H and O–H groups in total. The number of carbonyl (C=O) groups is 1. The van der Waals surface area contributed by atoms with E-state index in [4.69, 9.17) is 4.52 Å². The number of aromatic nitrogens is 2. The molecular formula is C21H21N3O2. The van der Waals surface area contributed by atoms with Crippen LogP contribution in [0.4, 0.5) is 5.69 Å². The van der Waals surface area contributed by atoms with E-state index in [1.54, 1.807) is 0 Å². The molecule has 0 bridgehead atoms. The van der Waals surface area contributed by atoms with Crippen molar-refractivity contribution >= 4 is 11.6 Å². The van der Waals surface area contributed by atoms with Crippen molar-refractivity contribution in [2.75, 3.05) is 11.4 Å². The molecule has 132 valence electrons. The van der Waals surface area contributed by atoms with Gasteiger partial charge >= 0.3 is 0 Å². The first-order chi connectivity index (χ1) is 12.6. The molecule has 3 aromatic rings. The highest BCUT2D eigenvalue weighted by molar-refractivity contribution is 5.96. The fourth-order valence-corrected chi connectivity index (χ4v) is 3.28. The van der Waals surface area contributed by atoms with Gasteiger partial charge in [-0.1, -0.05) is 49.3 Å². The molecule has 26 heavy (non-hydrogen) atoms. The van der Waals surface area contributed by atoms with E-state index < -0.39 is 0 Å². The zero-order valence-corrected chi connectivity index (χ0v) is 14.9. The topological polar surface area (TPSA) is 59.2 Å². The molecule has 1 aromatic heterocycles. The van der Waals surface area contributed by atoms with Gasteiger partial charge in [-0.3, -0.25) is 4.79 Å². The van der Waals surface area contributed by atoms with Crippen LogP contribution in [0.15, 0.2) is 59.1 Å². The van der Waals surface area contributed by atoms with E-state index in [-0.39, 0.29) is 11.8 Å². The van der Waals surface area contributed by atoms with Crippen LogP contribution in [0, 0.1) is 0 Å². The van der Waals surface area contributed by atoms with Crippen LogP contribution >= 0.6 is 0 Å². The maximum atomic E-state index is 12.6. The average Bonchev–Trinajstić information content (AvgIpc) is 3.29. The minimum absolute atomic E-state index is 0.0496. The van der Waals surface area contributed by atoms with E-state index in [9.17, 15) is 4.79 Å². The summed E-state index contributed by atoms with van der Waals surface area (Å²) in [6.45, 7) is 4.88. The summed E-state index contributed by atoms with van der Waals surface area (Å²) in [5, 5.41) is 4.12. The van der Waals surface area contributed by atoms with Crippen LogP contribution in [0.25, 0.3) is 11.5 Å². The Morgan fingerprint density at radius 3 is 2.69 bits per heavy atom. The van der Waals surface area contributed by atoms with Crippen LogP contribution in [0.3, 0.4) is 0 Å². The van der Waals surface area contributed by atoms with Crippen LogP contribution in [0.1, 0.15) is 43.5 Å². The maximum Gasteiger partial charge on any atom is 0.257 e. The molecule has 1 fully saturated rings. The number of hydrogen-bond donors (Lipinski definition) is 0. The lowest BCUT2D eigenvalue weighted by molar-refractivity contribution is -0.117. The maximum absolute atomic E-state index is 12.6. The Morgan fingerprint density at radius 2 is 1.92 bits per heavy atom. The highest BCUT2D eigenvalue weighted by atomic mass is 16.5. The molecule has 2 heterocycles. The second-order valence-corrected chi connectivity index (χ2v) is 6.98. The molecule has 1 aliphatic rings. The highest BCUT2D eigenvalue weighted by Crippen LogP contribution is 2.32. The van der Waals surface area contributed by atoms with E-state index in [1.165, 1.54) is 5.56 Å². The second-order valence-electron chi connectivity index (χ2n) is 6.98. The fraction of sp³-hybridized carbons (Fsp3) is 0.286. The van der Waals surface area contributed by atoms with Gasteiger partial charge in [-0.25, -0.2) is 0 Å². The summed E-state index contributed by atoms with van der Waals surface area (Å²) < 4.78 is 5.40. The number of benzene rings is 2. The smallest absolute Gasteiger partial charge is 0.257 e. The van der Waals surface area contributed by atoms with Gasteiger partial charge in [-0.15, -0.1) is 0 Å². The molecule has 1 atom stereocenters. The monoisotopic (exact) mass is 347 g/mol. The van der Waals surface area contributed by atoms with Crippen molar-refractivity contribution in [2.45, 2.75) is 32.1 Å². The van der Waals surface area contributed by atoms with E-state index in [0.717, 1.165) is 11.3 Å². The molecule has 5 nitrogen and oxygen atoms in total. The predicted octanol–water partition coefficient (Wildman–Crippen LogP) is 4.38. The lowest BCUT2D eigenvalue weighted by Crippen LogP contribution is -2.24. The Balaban J connectivity index is 1.55. The lowest BCUT2D eigenvalue weighted by Gasteiger charge is -2.18. The largest absolute Gasteiger partial charge is 0.334 e. The van der Waals surface area contributed by atoms with Gasteiger partial charge < -0.3 is 9.42 Å². The summed E-state index contributed by atoms with van der Waals surface area (Å²) in [7, 11) is 0. The molecule has 0 radical (unpaired) electrons. The summed E-state index contributed by atoms with van der Waals surface area (Å²) in [5.74, 6) is 1.57.